The number of esters is 1. The van der Waals surface area contributed by atoms with Gasteiger partial charge in [-0.3, -0.25) is 4.79 Å². The Balaban J connectivity index is 2.50. The second-order valence-electron chi connectivity index (χ2n) is 5.82. The lowest BCUT2D eigenvalue weighted by Crippen LogP contribution is -2.30. The van der Waals surface area contributed by atoms with Gasteiger partial charge in [0.25, 0.3) is 0 Å². The Bertz CT molecular complexity index is 753. The van der Waals surface area contributed by atoms with Crippen molar-refractivity contribution in [3.05, 3.63) is 47.5 Å². The van der Waals surface area contributed by atoms with Crippen LogP contribution in [-0.4, -0.2) is 18.1 Å². The summed E-state index contributed by atoms with van der Waals surface area (Å²) in [6, 6.07) is 8.15. The number of aromatic nitrogens is 1. The third-order valence-electron chi connectivity index (χ3n) is 3.80. The highest BCUT2D eigenvalue weighted by Crippen LogP contribution is 2.37. The van der Waals surface area contributed by atoms with Gasteiger partial charge in [0.2, 0.25) is 0 Å². The number of ether oxygens (including phenoxy) is 1. The molecule has 1 aromatic heterocycles. The van der Waals surface area contributed by atoms with Crippen molar-refractivity contribution >= 4 is 11.8 Å². The molecule has 0 aliphatic rings. The minimum atomic E-state index is -4.54. The molecule has 0 unspecified atom stereocenters. The van der Waals surface area contributed by atoms with Crippen LogP contribution in [0.25, 0.3) is 11.3 Å². The molecule has 2 rings (SSSR count). The number of hydrogen-bond donors (Lipinski definition) is 1. The lowest BCUT2D eigenvalue weighted by atomic mass is 9.84. The predicted octanol–water partition coefficient (Wildman–Crippen LogP) is 3.80. The molecule has 4 nitrogen and oxygen atoms in total. The SMILES string of the molecule is COC(=O)C(C)(C)c1ccc(-c2nc(N)ccc2C(F)(F)F)cc1. The van der Waals surface area contributed by atoms with Gasteiger partial charge in [-0.1, -0.05) is 24.3 Å². The summed E-state index contributed by atoms with van der Waals surface area (Å²) in [6.45, 7) is 3.35. The number of nitrogen functional groups attached to an aromatic ring is 1. The highest BCUT2D eigenvalue weighted by molar-refractivity contribution is 5.82. The molecule has 0 bridgehead atoms. The van der Waals surface area contributed by atoms with Gasteiger partial charge in [0.1, 0.15) is 5.82 Å². The number of anilines is 1. The molecule has 0 amide bonds. The van der Waals surface area contributed by atoms with Crippen molar-refractivity contribution in [1.29, 1.82) is 0 Å². The van der Waals surface area contributed by atoms with Crippen LogP contribution in [0.3, 0.4) is 0 Å². The maximum atomic E-state index is 13.1. The van der Waals surface area contributed by atoms with Gasteiger partial charge in [-0.2, -0.15) is 13.2 Å². The second kappa shape index (κ2) is 6.14. The third kappa shape index (κ3) is 3.34. The molecule has 1 aromatic carbocycles. The zero-order chi connectivity index (χ0) is 18.1. The monoisotopic (exact) mass is 338 g/mol. The summed E-state index contributed by atoms with van der Waals surface area (Å²) in [6.07, 6.45) is -4.54. The van der Waals surface area contributed by atoms with Crippen LogP contribution in [-0.2, 0) is 21.1 Å². The maximum Gasteiger partial charge on any atom is 0.418 e. The van der Waals surface area contributed by atoms with Gasteiger partial charge in [-0.15, -0.1) is 0 Å². The normalized spacial score (nSPS) is 12.1. The fourth-order valence-corrected chi connectivity index (χ4v) is 2.34. The molecule has 7 heteroatoms. The van der Waals surface area contributed by atoms with Crippen LogP contribution in [0.2, 0.25) is 0 Å². The van der Waals surface area contributed by atoms with Gasteiger partial charge >= 0.3 is 12.1 Å². The molecule has 0 radical (unpaired) electrons. The zero-order valence-electron chi connectivity index (χ0n) is 13.4. The average molecular weight is 338 g/mol. The number of pyridine rings is 1. The largest absolute Gasteiger partial charge is 0.468 e. The number of carbonyl (C=O) groups excluding carboxylic acids is 1. The standard InChI is InChI=1S/C17H17F3N2O2/c1-16(2,15(23)24-3)11-6-4-10(5-7-11)14-12(17(18,19)20)8-9-13(21)22-14/h4-9H,1-3H3,(H2,21,22). The van der Waals surface area contributed by atoms with Crippen molar-refractivity contribution in [2.24, 2.45) is 0 Å². The van der Waals surface area contributed by atoms with Crippen LogP contribution in [0.1, 0.15) is 25.0 Å². The first-order chi connectivity index (χ1) is 11.1. The van der Waals surface area contributed by atoms with Crippen molar-refractivity contribution in [1.82, 2.24) is 4.98 Å². The van der Waals surface area contributed by atoms with E-state index in [9.17, 15) is 18.0 Å². The van der Waals surface area contributed by atoms with E-state index in [4.69, 9.17) is 10.5 Å². The molecular weight excluding hydrogens is 321 g/mol. The maximum absolute atomic E-state index is 13.1. The number of halogens is 3. The third-order valence-corrected chi connectivity index (χ3v) is 3.80. The van der Waals surface area contributed by atoms with E-state index in [0.29, 0.717) is 5.56 Å². The number of nitrogens with two attached hydrogens (primary N) is 1. The van der Waals surface area contributed by atoms with Gasteiger partial charge in [-0.05, 0) is 31.5 Å². The van der Waals surface area contributed by atoms with Gasteiger partial charge in [0.15, 0.2) is 0 Å². The predicted molar refractivity (Wildman–Crippen MR) is 84.1 cm³/mol. The van der Waals surface area contributed by atoms with E-state index in [-0.39, 0.29) is 17.1 Å². The molecule has 2 N–H and O–H groups in total. The summed E-state index contributed by atoms with van der Waals surface area (Å²) in [5.74, 6) is -0.440. The number of benzene rings is 1. The quantitative estimate of drug-likeness (QED) is 0.865. The lowest BCUT2D eigenvalue weighted by Gasteiger charge is -2.22. The Morgan fingerprint density at radius 2 is 1.67 bits per heavy atom. The Morgan fingerprint density at radius 3 is 2.17 bits per heavy atom. The Labute approximate surface area is 137 Å². The summed E-state index contributed by atoms with van der Waals surface area (Å²) in [5, 5.41) is 0. The Kier molecular flexibility index (Phi) is 4.55. The molecule has 128 valence electrons. The van der Waals surface area contributed by atoms with E-state index in [1.54, 1.807) is 26.0 Å². The molecule has 0 fully saturated rings. The van der Waals surface area contributed by atoms with Crippen molar-refractivity contribution in [2.75, 3.05) is 12.8 Å². The zero-order valence-corrected chi connectivity index (χ0v) is 13.4. The topological polar surface area (TPSA) is 65.2 Å². The minimum Gasteiger partial charge on any atom is -0.468 e. The van der Waals surface area contributed by atoms with Crippen LogP contribution >= 0.6 is 0 Å². The van der Waals surface area contributed by atoms with Gasteiger partial charge in [0, 0.05) is 5.56 Å². The molecule has 0 aliphatic heterocycles. The van der Waals surface area contributed by atoms with Crippen LogP contribution in [0, 0.1) is 0 Å². The molecule has 2 aromatic rings. The van der Waals surface area contributed by atoms with Crippen molar-refractivity contribution < 1.29 is 22.7 Å². The fraction of sp³-hybridized carbons (Fsp3) is 0.294. The van der Waals surface area contributed by atoms with Gasteiger partial charge in [-0.25, -0.2) is 4.98 Å². The number of methoxy groups -OCH3 is 1. The number of hydrogen-bond acceptors (Lipinski definition) is 4. The Morgan fingerprint density at radius 1 is 1.08 bits per heavy atom. The number of alkyl halides is 3. The second-order valence-corrected chi connectivity index (χ2v) is 5.82. The first-order valence-corrected chi connectivity index (χ1v) is 7.10. The Hall–Kier alpha value is -2.57. The van der Waals surface area contributed by atoms with E-state index in [2.05, 4.69) is 4.98 Å². The molecule has 0 saturated carbocycles. The summed E-state index contributed by atoms with van der Waals surface area (Å²) in [5.41, 5.74) is 4.39. The van der Waals surface area contributed by atoms with E-state index in [0.717, 1.165) is 12.1 Å². The van der Waals surface area contributed by atoms with Gasteiger partial charge < -0.3 is 10.5 Å². The number of nitrogens with zero attached hydrogens (tertiary/aromatic N) is 1. The van der Waals surface area contributed by atoms with Crippen LogP contribution < -0.4 is 5.73 Å². The number of rotatable bonds is 3. The molecule has 0 spiro atoms. The van der Waals surface area contributed by atoms with E-state index >= 15 is 0 Å². The van der Waals surface area contributed by atoms with Crippen molar-refractivity contribution in [2.45, 2.75) is 25.4 Å². The number of carbonyl (C=O) groups is 1. The summed E-state index contributed by atoms with van der Waals surface area (Å²) in [7, 11) is 1.28. The first kappa shape index (κ1) is 17.8. The smallest absolute Gasteiger partial charge is 0.418 e. The molecular formula is C17H17F3N2O2. The molecule has 1 heterocycles. The molecule has 24 heavy (non-hydrogen) atoms. The summed E-state index contributed by atoms with van der Waals surface area (Å²) < 4.78 is 44.2. The van der Waals surface area contributed by atoms with Crippen molar-refractivity contribution in [3.8, 4) is 11.3 Å². The fourth-order valence-electron chi connectivity index (χ4n) is 2.34. The van der Waals surface area contributed by atoms with Crippen molar-refractivity contribution in [3.63, 3.8) is 0 Å². The average Bonchev–Trinajstić information content (AvgIpc) is 2.52. The molecule has 0 saturated heterocycles. The minimum absolute atomic E-state index is 0.00281. The summed E-state index contributed by atoms with van der Waals surface area (Å²) >= 11 is 0. The van der Waals surface area contributed by atoms with Crippen LogP contribution in [0.15, 0.2) is 36.4 Å². The van der Waals surface area contributed by atoms with E-state index < -0.39 is 23.1 Å². The van der Waals surface area contributed by atoms with E-state index in [1.165, 1.54) is 19.2 Å². The lowest BCUT2D eigenvalue weighted by molar-refractivity contribution is -0.146. The first-order valence-electron chi connectivity index (χ1n) is 7.10. The van der Waals surface area contributed by atoms with Crippen LogP contribution in [0.4, 0.5) is 19.0 Å². The molecule has 0 aliphatic carbocycles. The molecule has 0 atom stereocenters. The van der Waals surface area contributed by atoms with Crippen LogP contribution in [0.5, 0.6) is 0 Å². The van der Waals surface area contributed by atoms with Gasteiger partial charge in [0.05, 0.1) is 23.8 Å². The summed E-state index contributed by atoms with van der Waals surface area (Å²) in [4.78, 5) is 15.6. The highest BCUT2D eigenvalue weighted by atomic mass is 19.4. The highest BCUT2D eigenvalue weighted by Gasteiger charge is 2.35. The van der Waals surface area contributed by atoms with E-state index in [1.807, 2.05) is 0 Å².